The van der Waals surface area contributed by atoms with E-state index in [0.717, 1.165) is 16.7 Å². The van der Waals surface area contributed by atoms with E-state index in [1.807, 2.05) is 78.9 Å². The summed E-state index contributed by atoms with van der Waals surface area (Å²) in [5, 5.41) is 22.7. The molecule has 0 saturated carbocycles. The molecule has 0 aliphatic carbocycles. The smallest absolute Gasteiger partial charge is 0.274 e. The standard InChI is InChI=1S/C34H35NO9/c1-39-28-17-13-26(14-18-28)34(25-10-5-4-6-11-25,27-15-19-29(40-2)20-16-27)43-23-33(41-3)31(36)21-32(44-33)42-22-24-9-7-8-12-30(24)35(37)38/h4-20,31-32,36H,21-23H2,1-3H3/t31-,32-,33-/m1/s1. The van der Waals surface area contributed by atoms with Crippen molar-refractivity contribution in [1.29, 1.82) is 0 Å². The Morgan fingerprint density at radius 3 is 1.93 bits per heavy atom. The van der Waals surface area contributed by atoms with Crippen molar-refractivity contribution in [3.63, 3.8) is 0 Å². The molecule has 10 nitrogen and oxygen atoms in total. The van der Waals surface area contributed by atoms with Gasteiger partial charge in [-0.15, -0.1) is 0 Å². The van der Waals surface area contributed by atoms with E-state index < -0.39 is 28.7 Å². The summed E-state index contributed by atoms with van der Waals surface area (Å²) < 4.78 is 35.6. The summed E-state index contributed by atoms with van der Waals surface area (Å²) >= 11 is 0. The zero-order chi connectivity index (χ0) is 31.2. The van der Waals surface area contributed by atoms with Crippen LogP contribution in [0.3, 0.4) is 0 Å². The van der Waals surface area contributed by atoms with E-state index >= 15 is 0 Å². The summed E-state index contributed by atoms with van der Waals surface area (Å²) in [5.41, 5.74) is 1.61. The maximum atomic E-state index is 11.4. The van der Waals surface area contributed by atoms with Crippen molar-refractivity contribution in [2.75, 3.05) is 27.9 Å². The third-order valence-corrected chi connectivity index (χ3v) is 7.88. The number of nitro benzene ring substituents is 1. The van der Waals surface area contributed by atoms with Crippen molar-refractivity contribution in [2.45, 2.75) is 36.8 Å². The summed E-state index contributed by atoms with van der Waals surface area (Å²) in [6.45, 7) is -0.274. The molecule has 44 heavy (non-hydrogen) atoms. The minimum absolute atomic E-state index is 0.0565. The molecule has 3 atom stereocenters. The molecule has 5 rings (SSSR count). The number of benzene rings is 4. The van der Waals surface area contributed by atoms with Crippen molar-refractivity contribution in [2.24, 2.45) is 0 Å². The molecule has 0 radical (unpaired) electrons. The van der Waals surface area contributed by atoms with Crippen molar-refractivity contribution in [1.82, 2.24) is 0 Å². The van der Waals surface area contributed by atoms with Crippen molar-refractivity contribution < 1.29 is 38.5 Å². The van der Waals surface area contributed by atoms with Gasteiger partial charge in [0, 0.05) is 19.6 Å². The van der Waals surface area contributed by atoms with Gasteiger partial charge in [-0.2, -0.15) is 0 Å². The molecule has 1 heterocycles. The lowest BCUT2D eigenvalue weighted by atomic mass is 9.80. The van der Waals surface area contributed by atoms with E-state index in [4.69, 9.17) is 28.4 Å². The number of methoxy groups -OCH3 is 3. The van der Waals surface area contributed by atoms with Crippen LogP contribution in [-0.4, -0.2) is 56.1 Å². The third-order valence-electron chi connectivity index (χ3n) is 7.88. The fourth-order valence-electron chi connectivity index (χ4n) is 5.46. The Morgan fingerprint density at radius 1 is 0.841 bits per heavy atom. The Balaban J connectivity index is 1.48. The number of rotatable bonds is 13. The number of para-hydroxylation sites is 1. The fourth-order valence-corrected chi connectivity index (χ4v) is 5.46. The molecule has 10 heteroatoms. The number of nitrogens with zero attached hydrogens (tertiary/aromatic N) is 1. The molecule has 0 aromatic heterocycles. The van der Waals surface area contributed by atoms with Crippen LogP contribution in [0.15, 0.2) is 103 Å². The fraction of sp³-hybridized carbons (Fsp3) is 0.294. The first-order chi connectivity index (χ1) is 21.3. The largest absolute Gasteiger partial charge is 0.497 e. The van der Waals surface area contributed by atoms with Crippen LogP contribution in [0.4, 0.5) is 5.69 Å². The van der Waals surface area contributed by atoms with Gasteiger partial charge in [-0.05, 0) is 47.0 Å². The van der Waals surface area contributed by atoms with Crippen LogP contribution in [0.25, 0.3) is 0 Å². The molecule has 0 bridgehead atoms. The van der Waals surface area contributed by atoms with Gasteiger partial charge in [-0.25, -0.2) is 0 Å². The summed E-state index contributed by atoms with van der Waals surface area (Å²) in [7, 11) is 4.64. The van der Waals surface area contributed by atoms with Gasteiger partial charge < -0.3 is 33.5 Å². The minimum Gasteiger partial charge on any atom is -0.497 e. The number of aliphatic hydroxyl groups excluding tert-OH is 1. The Kier molecular flexibility index (Phi) is 9.58. The van der Waals surface area contributed by atoms with E-state index in [1.54, 1.807) is 32.4 Å². The van der Waals surface area contributed by atoms with Gasteiger partial charge in [0.1, 0.15) is 29.8 Å². The quantitative estimate of drug-likeness (QED) is 0.119. The SMILES string of the molecule is COc1ccc(C(OC[C@@]2(OC)O[C@@H](OCc3ccccc3[N+](=O)[O-])C[C@H]2O)(c2ccccc2)c2ccc(OC)cc2)cc1. The molecular formula is C34H35NO9. The lowest BCUT2D eigenvalue weighted by molar-refractivity contribution is -0.386. The van der Waals surface area contributed by atoms with E-state index in [0.29, 0.717) is 17.1 Å². The number of aliphatic hydroxyl groups is 1. The first kappa shape index (κ1) is 31.1. The molecule has 0 spiro atoms. The molecule has 1 aliphatic heterocycles. The highest BCUT2D eigenvalue weighted by Gasteiger charge is 2.52. The Morgan fingerprint density at radius 2 is 1.39 bits per heavy atom. The maximum Gasteiger partial charge on any atom is 0.274 e. The summed E-state index contributed by atoms with van der Waals surface area (Å²) in [4.78, 5) is 11.0. The van der Waals surface area contributed by atoms with Crippen LogP contribution in [0.5, 0.6) is 11.5 Å². The lowest BCUT2D eigenvalue weighted by Gasteiger charge is -2.39. The topological polar surface area (TPSA) is 119 Å². The molecule has 4 aromatic carbocycles. The molecule has 1 saturated heterocycles. The molecule has 0 unspecified atom stereocenters. The van der Waals surface area contributed by atoms with Crippen LogP contribution in [0.2, 0.25) is 0 Å². The normalized spacial score (nSPS) is 19.9. The third kappa shape index (κ3) is 6.17. The van der Waals surface area contributed by atoms with Crippen LogP contribution >= 0.6 is 0 Å². The maximum absolute atomic E-state index is 11.4. The molecule has 1 N–H and O–H groups in total. The predicted molar refractivity (Wildman–Crippen MR) is 161 cm³/mol. The summed E-state index contributed by atoms with van der Waals surface area (Å²) in [6, 6.07) is 31.2. The van der Waals surface area contributed by atoms with Gasteiger partial charge in [-0.3, -0.25) is 10.1 Å². The van der Waals surface area contributed by atoms with Crippen LogP contribution in [0, 0.1) is 10.1 Å². The average molecular weight is 602 g/mol. The molecule has 0 amide bonds. The molecule has 230 valence electrons. The van der Waals surface area contributed by atoms with E-state index in [9.17, 15) is 15.2 Å². The second kappa shape index (κ2) is 13.5. The highest BCUT2D eigenvalue weighted by Crippen LogP contribution is 2.44. The van der Waals surface area contributed by atoms with E-state index in [1.165, 1.54) is 13.2 Å². The van der Waals surface area contributed by atoms with Crippen LogP contribution in [-0.2, 0) is 31.2 Å². The Bertz CT molecular complexity index is 1480. The minimum atomic E-state index is -1.59. The molecule has 1 fully saturated rings. The molecular weight excluding hydrogens is 566 g/mol. The zero-order valence-electron chi connectivity index (χ0n) is 24.8. The van der Waals surface area contributed by atoms with Gasteiger partial charge in [-0.1, -0.05) is 66.7 Å². The Labute approximate surface area is 255 Å². The van der Waals surface area contributed by atoms with Gasteiger partial charge in [0.2, 0.25) is 5.79 Å². The lowest BCUT2D eigenvalue weighted by Crippen LogP contribution is -2.49. The van der Waals surface area contributed by atoms with Crippen molar-refractivity contribution in [3.8, 4) is 11.5 Å². The monoisotopic (exact) mass is 601 g/mol. The highest BCUT2D eigenvalue weighted by atomic mass is 16.8. The number of hydrogen-bond donors (Lipinski definition) is 1. The van der Waals surface area contributed by atoms with Gasteiger partial charge in [0.25, 0.3) is 5.69 Å². The van der Waals surface area contributed by atoms with E-state index in [2.05, 4.69) is 0 Å². The van der Waals surface area contributed by atoms with Crippen molar-refractivity contribution in [3.05, 3.63) is 135 Å². The van der Waals surface area contributed by atoms with Crippen molar-refractivity contribution >= 4 is 5.69 Å². The highest BCUT2D eigenvalue weighted by molar-refractivity contribution is 5.49. The first-order valence-electron chi connectivity index (χ1n) is 14.1. The summed E-state index contributed by atoms with van der Waals surface area (Å²) in [6.07, 6.45) is -1.95. The van der Waals surface area contributed by atoms with Gasteiger partial charge in [0.15, 0.2) is 6.29 Å². The Hall–Kier alpha value is -4.32. The zero-order valence-corrected chi connectivity index (χ0v) is 24.8. The molecule has 1 aliphatic rings. The average Bonchev–Trinajstić information content (AvgIpc) is 3.40. The van der Waals surface area contributed by atoms with E-state index in [-0.39, 0.29) is 25.3 Å². The van der Waals surface area contributed by atoms with Gasteiger partial charge in [0.05, 0.1) is 31.3 Å². The predicted octanol–water partition coefficient (Wildman–Crippen LogP) is 5.59. The number of ether oxygens (including phenoxy) is 6. The second-order valence-electron chi connectivity index (χ2n) is 10.3. The van der Waals surface area contributed by atoms with Crippen LogP contribution in [0.1, 0.15) is 28.7 Å². The number of nitro groups is 1. The first-order valence-corrected chi connectivity index (χ1v) is 14.1. The second-order valence-corrected chi connectivity index (χ2v) is 10.3. The van der Waals surface area contributed by atoms with Gasteiger partial charge >= 0.3 is 0 Å². The number of hydrogen-bond acceptors (Lipinski definition) is 9. The summed E-state index contributed by atoms with van der Waals surface area (Å²) in [5.74, 6) is -0.217. The van der Waals surface area contributed by atoms with Crippen LogP contribution < -0.4 is 9.47 Å². The molecule has 4 aromatic rings.